The third-order valence-corrected chi connectivity index (χ3v) is 6.99. The van der Waals surface area contributed by atoms with Crippen LogP contribution in [0.5, 0.6) is 0 Å². The van der Waals surface area contributed by atoms with Crippen LogP contribution in [0, 0.1) is 11.3 Å². The van der Waals surface area contributed by atoms with E-state index in [9.17, 15) is 4.79 Å². The van der Waals surface area contributed by atoms with Crippen LogP contribution in [0.2, 0.25) is 0 Å². The number of benzene rings is 1. The predicted molar refractivity (Wildman–Crippen MR) is 119 cm³/mol. The molecule has 1 aromatic carbocycles. The maximum absolute atomic E-state index is 13.5. The Morgan fingerprint density at radius 3 is 2.70 bits per heavy atom. The fourth-order valence-corrected chi connectivity index (χ4v) is 5.51. The Hall–Kier alpha value is -2.18. The molecule has 0 saturated carbocycles. The molecular weight excluding hydrogens is 374 g/mol. The van der Waals surface area contributed by atoms with Gasteiger partial charge in [0.05, 0.1) is 12.1 Å². The van der Waals surface area contributed by atoms with Crippen molar-refractivity contribution < 1.29 is 4.79 Å². The lowest BCUT2D eigenvalue weighted by Gasteiger charge is -2.35. The lowest BCUT2D eigenvalue weighted by molar-refractivity contribution is -0.137. The summed E-state index contributed by atoms with van der Waals surface area (Å²) in [5, 5.41) is 4.31. The first-order valence-electron chi connectivity index (χ1n) is 11.1. The molecule has 1 aromatic heterocycles. The van der Waals surface area contributed by atoms with E-state index in [1.807, 2.05) is 48.1 Å². The van der Waals surface area contributed by atoms with Gasteiger partial charge in [-0.3, -0.25) is 14.4 Å². The first-order chi connectivity index (χ1) is 14.4. The van der Waals surface area contributed by atoms with Gasteiger partial charge >= 0.3 is 0 Å². The Balaban J connectivity index is 1.44. The van der Waals surface area contributed by atoms with Crippen molar-refractivity contribution in [2.24, 2.45) is 18.4 Å². The molecule has 2 aliphatic heterocycles. The van der Waals surface area contributed by atoms with E-state index >= 15 is 0 Å². The number of carbonyl (C=O) groups is 1. The summed E-state index contributed by atoms with van der Waals surface area (Å²) < 4.78 is 1.87. The molecule has 3 heterocycles. The molecule has 2 aliphatic rings. The molecule has 0 radical (unpaired) electrons. The van der Waals surface area contributed by atoms with E-state index in [1.54, 1.807) is 0 Å². The molecule has 2 saturated heterocycles. The summed E-state index contributed by atoms with van der Waals surface area (Å²) in [6.45, 7) is 5.69. The van der Waals surface area contributed by atoms with Crippen LogP contribution in [0.25, 0.3) is 0 Å². The molecule has 0 unspecified atom stereocenters. The van der Waals surface area contributed by atoms with Gasteiger partial charge in [-0.05, 0) is 50.4 Å². The molecular formula is C24H35N5O. The Morgan fingerprint density at radius 1 is 1.17 bits per heavy atom. The van der Waals surface area contributed by atoms with Crippen LogP contribution in [0.1, 0.15) is 30.4 Å². The highest BCUT2D eigenvalue weighted by Gasteiger charge is 2.49. The second-order valence-corrected chi connectivity index (χ2v) is 9.44. The maximum Gasteiger partial charge on any atom is 0.227 e. The van der Waals surface area contributed by atoms with Crippen LogP contribution in [0.3, 0.4) is 0 Å². The Bertz CT molecular complexity index is 850. The number of aryl methyl sites for hydroxylation is 1. The van der Waals surface area contributed by atoms with Crippen molar-refractivity contribution in [2.75, 3.05) is 40.3 Å². The first kappa shape index (κ1) is 21.1. The number of amides is 1. The van der Waals surface area contributed by atoms with Crippen molar-refractivity contribution in [3.63, 3.8) is 0 Å². The lowest BCUT2D eigenvalue weighted by atomic mass is 9.72. The second-order valence-electron chi connectivity index (χ2n) is 9.44. The molecule has 0 N–H and O–H groups in total. The van der Waals surface area contributed by atoms with Gasteiger partial charge in [0.15, 0.2) is 0 Å². The van der Waals surface area contributed by atoms with Gasteiger partial charge in [-0.1, -0.05) is 30.3 Å². The molecule has 30 heavy (non-hydrogen) atoms. The molecule has 2 aromatic rings. The summed E-state index contributed by atoms with van der Waals surface area (Å²) in [5.41, 5.74) is 2.56. The number of nitrogens with zero attached hydrogens (tertiary/aromatic N) is 5. The number of carbonyl (C=O) groups excluding carboxylic acids is 1. The van der Waals surface area contributed by atoms with Crippen molar-refractivity contribution >= 4 is 5.91 Å². The highest BCUT2D eigenvalue weighted by molar-refractivity contribution is 5.80. The Kier molecular flexibility index (Phi) is 6.25. The molecule has 6 nitrogen and oxygen atoms in total. The van der Waals surface area contributed by atoms with Gasteiger partial charge in [-0.2, -0.15) is 5.10 Å². The average molecular weight is 410 g/mol. The van der Waals surface area contributed by atoms with Crippen LogP contribution >= 0.6 is 0 Å². The SMILES string of the molecule is CN1C[C@@H](C(=O)N(C)Cc2ccccc2)[C@@]2(CCCN(Cc3cnn(C)c3)CC2)C1. The normalized spacial score (nSPS) is 25.5. The van der Waals surface area contributed by atoms with Gasteiger partial charge < -0.3 is 9.80 Å². The monoisotopic (exact) mass is 409 g/mol. The molecule has 1 spiro atoms. The Labute approximate surface area is 180 Å². The van der Waals surface area contributed by atoms with E-state index in [1.165, 1.54) is 11.1 Å². The zero-order valence-electron chi connectivity index (χ0n) is 18.6. The van der Waals surface area contributed by atoms with E-state index in [2.05, 4.69) is 40.3 Å². The van der Waals surface area contributed by atoms with Gasteiger partial charge in [-0.15, -0.1) is 0 Å². The zero-order chi connectivity index (χ0) is 21.1. The van der Waals surface area contributed by atoms with Crippen molar-refractivity contribution in [1.29, 1.82) is 0 Å². The summed E-state index contributed by atoms with van der Waals surface area (Å²) >= 11 is 0. The van der Waals surface area contributed by atoms with Gasteiger partial charge in [0, 0.05) is 52.0 Å². The number of hydrogen-bond acceptors (Lipinski definition) is 4. The van der Waals surface area contributed by atoms with Crippen molar-refractivity contribution in [2.45, 2.75) is 32.4 Å². The molecule has 0 aliphatic carbocycles. The highest BCUT2D eigenvalue weighted by Crippen LogP contribution is 2.45. The number of hydrogen-bond donors (Lipinski definition) is 0. The summed E-state index contributed by atoms with van der Waals surface area (Å²) in [5.74, 6) is 0.401. The molecule has 4 rings (SSSR count). The molecule has 2 fully saturated rings. The number of aromatic nitrogens is 2. The predicted octanol–water partition coefficient (Wildman–Crippen LogP) is 2.61. The van der Waals surface area contributed by atoms with Gasteiger partial charge in [-0.25, -0.2) is 0 Å². The van der Waals surface area contributed by atoms with Gasteiger partial charge in [0.25, 0.3) is 0 Å². The van der Waals surface area contributed by atoms with Crippen molar-refractivity contribution in [1.82, 2.24) is 24.5 Å². The third-order valence-electron chi connectivity index (χ3n) is 6.99. The second kappa shape index (κ2) is 8.90. The Morgan fingerprint density at radius 2 is 1.97 bits per heavy atom. The topological polar surface area (TPSA) is 44.6 Å². The minimum absolute atomic E-state index is 0.0922. The van der Waals surface area contributed by atoms with Gasteiger partial charge in [0.2, 0.25) is 5.91 Å². The average Bonchev–Trinajstić information content (AvgIpc) is 3.21. The van der Waals surface area contributed by atoms with Crippen LogP contribution in [0.4, 0.5) is 0 Å². The van der Waals surface area contributed by atoms with E-state index in [-0.39, 0.29) is 11.3 Å². The van der Waals surface area contributed by atoms with Gasteiger partial charge in [0.1, 0.15) is 0 Å². The minimum Gasteiger partial charge on any atom is -0.341 e. The minimum atomic E-state index is 0.0922. The molecule has 0 bridgehead atoms. The fraction of sp³-hybridized carbons (Fsp3) is 0.583. The van der Waals surface area contributed by atoms with E-state index in [0.717, 1.165) is 52.0 Å². The summed E-state index contributed by atoms with van der Waals surface area (Å²) in [7, 11) is 6.11. The number of rotatable bonds is 5. The smallest absolute Gasteiger partial charge is 0.227 e. The van der Waals surface area contributed by atoms with Crippen LogP contribution in [0.15, 0.2) is 42.7 Å². The van der Waals surface area contributed by atoms with Crippen LogP contribution in [-0.4, -0.2) is 70.7 Å². The highest BCUT2D eigenvalue weighted by atomic mass is 16.2. The molecule has 162 valence electrons. The third kappa shape index (κ3) is 4.60. The standard InChI is InChI=1S/C24H35N5O/c1-26-18-22(23(30)27(2)15-20-8-5-4-6-9-20)24(19-26)10-7-12-29(13-11-24)17-21-14-25-28(3)16-21/h4-6,8-9,14,16,22H,7,10-13,15,17-19H2,1-3H3/t22-,24+/m0/s1. The van der Waals surface area contributed by atoms with Crippen LogP contribution in [-0.2, 0) is 24.9 Å². The van der Waals surface area contributed by atoms with E-state index in [4.69, 9.17) is 0 Å². The molecule has 1 amide bonds. The van der Waals surface area contributed by atoms with Crippen molar-refractivity contribution in [3.05, 3.63) is 53.9 Å². The largest absolute Gasteiger partial charge is 0.341 e. The zero-order valence-corrected chi connectivity index (χ0v) is 18.6. The summed E-state index contributed by atoms with van der Waals surface area (Å²) in [6, 6.07) is 10.3. The van der Waals surface area contributed by atoms with E-state index < -0.39 is 0 Å². The maximum atomic E-state index is 13.5. The molecule has 2 atom stereocenters. The summed E-state index contributed by atoms with van der Waals surface area (Å²) in [4.78, 5) is 20.4. The first-order valence-corrected chi connectivity index (χ1v) is 11.1. The van der Waals surface area contributed by atoms with E-state index in [0.29, 0.717) is 12.5 Å². The quantitative estimate of drug-likeness (QED) is 0.762. The molecule has 6 heteroatoms. The fourth-order valence-electron chi connectivity index (χ4n) is 5.51. The lowest BCUT2D eigenvalue weighted by Crippen LogP contribution is -2.42. The van der Waals surface area contributed by atoms with Crippen LogP contribution < -0.4 is 0 Å². The van der Waals surface area contributed by atoms with Crippen molar-refractivity contribution in [3.8, 4) is 0 Å². The number of likely N-dealkylation sites (tertiary alicyclic amines) is 2. The summed E-state index contributed by atoms with van der Waals surface area (Å²) in [6.07, 6.45) is 7.45.